The third kappa shape index (κ3) is 91.8. The summed E-state index contributed by atoms with van der Waals surface area (Å²) >= 11 is 0. The van der Waals surface area contributed by atoms with Crippen molar-refractivity contribution in [3.05, 3.63) is 0 Å². The average Bonchev–Trinajstić information content (AvgIpc) is 0.935. The summed E-state index contributed by atoms with van der Waals surface area (Å²) in [5.74, 6) is -0.761. The quantitative estimate of drug-likeness (QED) is 0.0278. The summed E-state index contributed by atoms with van der Waals surface area (Å²) in [7, 11) is 1.52. The molecule has 105 heavy (non-hydrogen) atoms. The van der Waals surface area contributed by atoms with Crippen LogP contribution in [0.1, 0.15) is 547 Å². The molecule has 0 saturated carbocycles. The molecule has 0 aromatic carbocycles. The maximum atomic E-state index is 13.0. The van der Waals surface area contributed by atoms with Crippen LogP contribution in [0.3, 0.4) is 0 Å². The minimum atomic E-state index is -4.39. The molecule has 628 valence electrons. The zero-order valence-corrected chi connectivity index (χ0v) is 73.2. The molecule has 0 radical (unpaired) electrons. The molecule has 0 aromatic heterocycles. The molecule has 10 heteroatoms. The van der Waals surface area contributed by atoms with Gasteiger partial charge in [-0.3, -0.25) is 18.6 Å². The highest BCUT2D eigenvalue weighted by atomic mass is 31.2. The van der Waals surface area contributed by atoms with Gasteiger partial charge in [-0.1, -0.05) is 521 Å². The number of ether oxygens (including phenoxy) is 2. The van der Waals surface area contributed by atoms with Gasteiger partial charge in [-0.2, -0.15) is 0 Å². The molecule has 0 rings (SSSR count). The molecule has 0 aliphatic carbocycles. The van der Waals surface area contributed by atoms with Crippen LogP contribution in [0, 0.1) is 0 Å². The second kappa shape index (κ2) is 87.0. The first-order chi connectivity index (χ1) is 51.5. The molecule has 9 nitrogen and oxygen atoms in total. The van der Waals surface area contributed by atoms with Gasteiger partial charge in [0.15, 0.2) is 6.10 Å². The Morgan fingerprint density at radius 3 is 0.610 bits per heavy atom. The summed E-state index contributed by atoms with van der Waals surface area (Å²) in [4.78, 5) is 36.1. The van der Waals surface area contributed by atoms with Crippen LogP contribution in [0.25, 0.3) is 0 Å². The summed E-state index contributed by atoms with van der Waals surface area (Å²) in [6.07, 6.45) is 112. The Labute approximate surface area is 658 Å². The van der Waals surface area contributed by atoms with Gasteiger partial charge in [0, 0.05) is 12.8 Å². The van der Waals surface area contributed by atoms with Crippen molar-refractivity contribution in [2.75, 3.05) is 47.5 Å². The fourth-order valence-electron chi connectivity index (χ4n) is 15.6. The van der Waals surface area contributed by atoms with Crippen molar-refractivity contribution in [1.29, 1.82) is 0 Å². The summed E-state index contributed by atoms with van der Waals surface area (Å²) in [6.45, 7) is 4.56. The van der Waals surface area contributed by atoms with E-state index in [1.54, 1.807) is 0 Å². The SMILES string of the molecule is CCCCCCCCCCCCCCCCCCCCCCCCCCCCCCCCCCCCCCCCCCCC(=O)OC(COC(=O)CCCCCCCCCCCCCCCCCCCCCCCCCCCCCCCCCCCCCCCCCC)COP(=O)(O)OCC[N+](C)(C)C. The number of esters is 2. The number of phosphoric acid groups is 1. The minimum absolute atomic E-state index is 0.0380. The van der Waals surface area contributed by atoms with Crippen molar-refractivity contribution in [1.82, 2.24) is 0 Å². The number of phosphoric ester groups is 1. The molecule has 0 amide bonds. The first-order valence-electron chi connectivity index (χ1n) is 48.3. The van der Waals surface area contributed by atoms with Crippen molar-refractivity contribution >= 4 is 19.8 Å². The molecule has 0 aliphatic heterocycles. The van der Waals surface area contributed by atoms with Gasteiger partial charge in [0.2, 0.25) is 0 Å². The van der Waals surface area contributed by atoms with Crippen molar-refractivity contribution < 1.29 is 42.1 Å². The maximum Gasteiger partial charge on any atom is 0.472 e. The number of carbonyl (C=O) groups excluding carboxylic acids is 2. The van der Waals surface area contributed by atoms with E-state index in [0.717, 1.165) is 38.5 Å². The van der Waals surface area contributed by atoms with Crippen molar-refractivity contribution in [3.63, 3.8) is 0 Å². The van der Waals surface area contributed by atoms with E-state index in [-0.39, 0.29) is 25.6 Å². The largest absolute Gasteiger partial charge is 0.472 e. The first-order valence-corrected chi connectivity index (χ1v) is 49.8. The van der Waals surface area contributed by atoms with Gasteiger partial charge >= 0.3 is 19.8 Å². The molecule has 0 heterocycles. The van der Waals surface area contributed by atoms with E-state index in [1.807, 2.05) is 21.1 Å². The molecule has 1 N–H and O–H groups in total. The van der Waals surface area contributed by atoms with Gasteiger partial charge in [-0.05, 0) is 12.8 Å². The highest BCUT2D eigenvalue weighted by Gasteiger charge is 2.27. The maximum absolute atomic E-state index is 13.0. The van der Waals surface area contributed by atoms with Crippen LogP contribution >= 0.6 is 7.82 Å². The van der Waals surface area contributed by atoms with Crippen molar-refractivity contribution in [3.8, 4) is 0 Å². The van der Waals surface area contributed by atoms with E-state index in [4.69, 9.17) is 18.5 Å². The van der Waals surface area contributed by atoms with Gasteiger partial charge < -0.3 is 18.9 Å². The molecular formula is C95H191NO8P+. The molecule has 2 atom stereocenters. The minimum Gasteiger partial charge on any atom is -0.462 e. The number of nitrogens with zero attached hydrogens (tertiary/aromatic N) is 1. The van der Waals surface area contributed by atoms with E-state index in [1.165, 1.54) is 482 Å². The zero-order valence-electron chi connectivity index (χ0n) is 72.3. The van der Waals surface area contributed by atoms with E-state index in [2.05, 4.69) is 13.8 Å². The van der Waals surface area contributed by atoms with E-state index in [9.17, 15) is 19.0 Å². The van der Waals surface area contributed by atoms with Crippen LogP contribution in [0.5, 0.6) is 0 Å². The molecular weight excluding hydrogens is 1310 g/mol. The van der Waals surface area contributed by atoms with Crippen LogP contribution in [0.15, 0.2) is 0 Å². The predicted molar refractivity (Wildman–Crippen MR) is 460 cm³/mol. The van der Waals surface area contributed by atoms with Crippen LogP contribution < -0.4 is 0 Å². The number of quaternary nitrogens is 1. The molecule has 0 fully saturated rings. The zero-order chi connectivity index (χ0) is 76.1. The van der Waals surface area contributed by atoms with E-state index < -0.39 is 26.5 Å². The standard InChI is InChI=1S/C95H190NO8P/c1-6-8-10-12-14-16-18-20-22-24-26-28-30-32-34-36-38-40-42-44-46-48-50-52-54-56-58-60-62-64-66-68-70-72-74-76-78-80-82-84-86-88-95(98)104-93(92-103-105(99,100)102-90-89-96(3,4)5)91-101-94(97)87-85-83-81-79-77-75-73-71-69-67-65-63-61-59-57-55-53-51-49-47-45-43-41-39-37-35-33-31-29-27-25-23-21-19-17-15-13-11-9-7-2/h93H,6-92H2,1-5H3/p+1. The highest BCUT2D eigenvalue weighted by molar-refractivity contribution is 7.47. The van der Waals surface area contributed by atoms with Gasteiger partial charge in [-0.15, -0.1) is 0 Å². The van der Waals surface area contributed by atoms with E-state index >= 15 is 0 Å². The number of hydrogen-bond donors (Lipinski definition) is 1. The average molecular weight is 1510 g/mol. The Bertz CT molecular complexity index is 1720. The Kier molecular flexibility index (Phi) is 86.2. The summed E-state index contributed by atoms with van der Waals surface area (Å²) in [5.41, 5.74) is 0. The lowest BCUT2D eigenvalue weighted by molar-refractivity contribution is -0.870. The molecule has 2 unspecified atom stereocenters. The van der Waals surface area contributed by atoms with Crippen LogP contribution in [-0.2, 0) is 32.7 Å². The number of unbranched alkanes of at least 4 members (excludes halogenated alkanes) is 79. The molecule has 0 saturated heterocycles. The summed E-state index contributed by atoms with van der Waals surface area (Å²) in [5, 5.41) is 0. The number of hydrogen-bond acceptors (Lipinski definition) is 7. The second-order valence-electron chi connectivity index (χ2n) is 34.8. The Hall–Kier alpha value is -0.990. The van der Waals surface area contributed by atoms with Crippen molar-refractivity contribution in [2.24, 2.45) is 0 Å². The predicted octanol–water partition coefficient (Wildman–Crippen LogP) is 32.7. The fourth-order valence-corrected chi connectivity index (χ4v) is 16.3. The summed E-state index contributed by atoms with van der Waals surface area (Å²) in [6, 6.07) is 0. The van der Waals surface area contributed by atoms with Gasteiger partial charge in [-0.25, -0.2) is 4.57 Å². The lowest BCUT2D eigenvalue weighted by Gasteiger charge is -2.24. The van der Waals surface area contributed by atoms with Crippen LogP contribution in [-0.4, -0.2) is 74.9 Å². The molecule has 0 spiro atoms. The third-order valence-corrected chi connectivity index (χ3v) is 23.9. The third-order valence-electron chi connectivity index (χ3n) is 22.9. The fraction of sp³-hybridized carbons (Fsp3) is 0.979. The monoisotopic (exact) mass is 1510 g/mol. The summed E-state index contributed by atoms with van der Waals surface area (Å²) < 4.78 is 35.0. The second-order valence-corrected chi connectivity index (χ2v) is 36.3. The Morgan fingerprint density at radius 2 is 0.429 bits per heavy atom. The molecule has 0 aliphatic rings. The van der Waals surface area contributed by atoms with Crippen LogP contribution in [0.2, 0.25) is 0 Å². The van der Waals surface area contributed by atoms with E-state index in [0.29, 0.717) is 17.4 Å². The first kappa shape index (κ1) is 104. The topological polar surface area (TPSA) is 108 Å². The number of rotatable bonds is 93. The lowest BCUT2D eigenvalue weighted by atomic mass is 10.0. The lowest BCUT2D eigenvalue weighted by Crippen LogP contribution is -2.37. The van der Waals surface area contributed by atoms with Crippen molar-refractivity contribution in [2.45, 2.75) is 553 Å². The number of carbonyl (C=O) groups is 2. The molecule has 0 bridgehead atoms. The normalized spacial score (nSPS) is 12.8. The smallest absolute Gasteiger partial charge is 0.462 e. The Morgan fingerprint density at radius 1 is 0.257 bits per heavy atom. The number of likely N-dealkylation sites (N-methyl/N-ethyl adjacent to an activating group) is 1. The Balaban J connectivity index is 3.78. The highest BCUT2D eigenvalue weighted by Crippen LogP contribution is 2.43. The van der Waals surface area contributed by atoms with Gasteiger partial charge in [0.1, 0.15) is 19.8 Å². The van der Waals surface area contributed by atoms with Crippen LogP contribution in [0.4, 0.5) is 0 Å². The molecule has 0 aromatic rings. The van der Waals surface area contributed by atoms with Gasteiger partial charge in [0.05, 0.1) is 27.7 Å². The van der Waals surface area contributed by atoms with Gasteiger partial charge in [0.25, 0.3) is 0 Å².